The summed E-state index contributed by atoms with van der Waals surface area (Å²) < 4.78 is 5.57. The molecule has 0 atom stereocenters. The van der Waals surface area contributed by atoms with E-state index in [0.717, 1.165) is 18.4 Å². The maximum Gasteiger partial charge on any atom is 0.309 e. The van der Waals surface area contributed by atoms with E-state index >= 15 is 0 Å². The number of esters is 1. The summed E-state index contributed by atoms with van der Waals surface area (Å²) in [5.74, 6) is -0.0589. The third-order valence-electron chi connectivity index (χ3n) is 4.42. The van der Waals surface area contributed by atoms with Gasteiger partial charge in [0.1, 0.15) is 6.61 Å². The molecule has 0 aliphatic carbocycles. The number of carbonyl (C=O) groups is 1. The zero-order valence-corrected chi connectivity index (χ0v) is 16.2. The van der Waals surface area contributed by atoms with Gasteiger partial charge in [-0.1, -0.05) is 73.6 Å². The van der Waals surface area contributed by atoms with Gasteiger partial charge in [0.05, 0.1) is 5.92 Å². The van der Waals surface area contributed by atoms with Crippen molar-refractivity contribution in [3.05, 3.63) is 34.9 Å². The average Bonchev–Trinajstić information content (AvgIpc) is 2.44. The first-order valence-electron chi connectivity index (χ1n) is 8.80. The molecule has 23 heavy (non-hydrogen) atoms. The Morgan fingerprint density at radius 3 is 1.70 bits per heavy atom. The predicted molar refractivity (Wildman–Crippen MR) is 97.7 cm³/mol. The van der Waals surface area contributed by atoms with Gasteiger partial charge in [0.25, 0.3) is 0 Å². The van der Waals surface area contributed by atoms with Gasteiger partial charge in [-0.15, -0.1) is 0 Å². The molecule has 0 N–H and O–H groups in total. The number of benzene rings is 1. The minimum Gasteiger partial charge on any atom is -0.461 e. The molecule has 1 aromatic rings. The Morgan fingerprint density at radius 2 is 1.35 bits per heavy atom. The maximum absolute atomic E-state index is 12.1. The van der Waals surface area contributed by atoms with Gasteiger partial charge in [0, 0.05) is 0 Å². The van der Waals surface area contributed by atoms with Crippen LogP contribution in [0, 0.1) is 5.92 Å². The Morgan fingerprint density at radius 1 is 0.913 bits per heavy atom. The molecular formula is C21H34O2. The number of hydrogen-bond acceptors (Lipinski definition) is 2. The summed E-state index contributed by atoms with van der Waals surface area (Å²) in [7, 11) is 0. The summed E-state index contributed by atoms with van der Waals surface area (Å²) in [4.78, 5) is 12.1. The van der Waals surface area contributed by atoms with Crippen LogP contribution in [-0.4, -0.2) is 5.97 Å². The van der Waals surface area contributed by atoms with Crippen molar-refractivity contribution in [2.24, 2.45) is 5.92 Å². The van der Waals surface area contributed by atoms with Gasteiger partial charge >= 0.3 is 5.97 Å². The number of rotatable bonds is 5. The van der Waals surface area contributed by atoms with Gasteiger partial charge in [-0.2, -0.15) is 0 Å². The molecule has 0 bridgehead atoms. The van der Waals surface area contributed by atoms with Crippen LogP contribution in [-0.2, 0) is 27.0 Å². The maximum atomic E-state index is 12.1. The highest BCUT2D eigenvalue weighted by molar-refractivity contribution is 5.72. The van der Waals surface area contributed by atoms with Crippen LogP contribution in [0.3, 0.4) is 0 Å². The Hall–Kier alpha value is -1.31. The second kappa shape index (κ2) is 7.51. The molecule has 2 heteroatoms. The number of hydrogen-bond donors (Lipinski definition) is 0. The Balaban J connectivity index is 3.04. The van der Waals surface area contributed by atoms with Crippen LogP contribution in [0.5, 0.6) is 0 Å². The summed E-state index contributed by atoms with van der Waals surface area (Å²) in [6.07, 6.45) is 1.68. The zero-order valence-electron chi connectivity index (χ0n) is 16.2. The summed E-state index contributed by atoms with van der Waals surface area (Å²) in [5.41, 5.74) is 3.82. The molecule has 0 aliphatic rings. The molecule has 0 aliphatic heterocycles. The van der Waals surface area contributed by atoms with Crippen molar-refractivity contribution in [2.45, 2.75) is 85.7 Å². The van der Waals surface area contributed by atoms with Crippen LogP contribution in [0.4, 0.5) is 0 Å². The second-order valence-corrected chi connectivity index (χ2v) is 8.54. The van der Waals surface area contributed by atoms with Gasteiger partial charge in [-0.3, -0.25) is 4.79 Å². The fourth-order valence-corrected chi connectivity index (χ4v) is 2.54. The van der Waals surface area contributed by atoms with E-state index in [4.69, 9.17) is 4.74 Å². The first-order valence-corrected chi connectivity index (χ1v) is 8.80. The van der Waals surface area contributed by atoms with Crippen LogP contribution >= 0.6 is 0 Å². The molecule has 0 unspecified atom stereocenters. The van der Waals surface area contributed by atoms with E-state index in [-0.39, 0.29) is 22.7 Å². The first-order chi connectivity index (χ1) is 10.5. The second-order valence-electron chi connectivity index (χ2n) is 8.54. The third-order valence-corrected chi connectivity index (χ3v) is 4.42. The molecule has 0 fully saturated rings. The average molecular weight is 319 g/mol. The SMILES string of the molecule is CCC(CC)C(=O)OCc1cc(C(C)(C)C)cc(C(C)(C)C)c1. The lowest BCUT2D eigenvalue weighted by molar-refractivity contribution is -0.150. The lowest BCUT2D eigenvalue weighted by Gasteiger charge is -2.26. The van der Waals surface area contributed by atoms with E-state index in [1.54, 1.807) is 0 Å². The normalized spacial score (nSPS) is 12.6. The fraction of sp³-hybridized carbons (Fsp3) is 0.667. The minimum absolute atomic E-state index is 0.0166. The molecule has 1 aromatic carbocycles. The van der Waals surface area contributed by atoms with E-state index in [1.807, 2.05) is 13.8 Å². The van der Waals surface area contributed by atoms with Crippen LogP contribution in [0.1, 0.15) is 84.9 Å². The third kappa shape index (κ3) is 5.67. The largest absolute Gasteiger partial charge is 0.461 e. The van der Waals surface area contributed by atoms with Gasteiger partial charge in [0.15, 0.2) is 0 Å². The summed E-state index contributed by atoms with van der Waals surface area (Å²) >= 11 is 0. The highest BCUT2D eigenvalue weighted by Crippen LogP contribution is 2.30. The van der Waals surface area contributed by atoms with Crippen molar-refractivity contribution in [2.75, 3.05) is 0 Å². The van der Waals surface area contributed by atoms with Crippen molar-refractivity contribution in [3.8, 4) is 0 Å². The van der Waals surface area contributed by atoms with Gasteiger partial charge < -0.3 is 4.74 Å². The smallest absolute Gasteiger partial charge is 0.309 e. The van der Waals surface area contributed by atoms with Crippen molar-refractivity contribution in [1.82, 2.24) is 0 Å². The monoisotopic (exact) mass is 318 g/mol. The quantitative estimate of drug-likeness (QED) is 0.645. The summed E-state index contributed by atoms with van der Waals surface area (Å²) in [6.45, 7) is 17.7. The molecule has 0 radical (unpaired) electrons. The molecule has 2 nitrogen and oxygen atoms in total. The molecule has 0 spiro atoms. The zero-order chi connectivity index (χ0) is 17.8. The van der Waals surface area contributed by atoms with Crippen molar-refractivity contribution >= 4 is 5.97 Å². The molecule has 0 saturated carbocycles. The molecule has 0 heterocycles. The van der Waals surface area contributed by atoms with E-state index in [1.165, 1.54) is 11.1 Å². The Labute approximate surface area is 142 Å². The number of carbonyl (C=O) groups excluding carboxylic acids is 1. The molecule has 0 amide bonds. The van der Waals surface area contributed by atoms with Gasteiger partial charge in [-0.05, 0) is 40.4 Å². The minimum atomic E-state index is -0.0755. The number of ether oxygens (including phenoxy) is 1. The summed E-state index contributed by atoms with van der Waals surface area (Å²) in [5, 5.41) is 0. The van der Waals surface area contributed by atoms with Crippen LogP contribution < -0.4 is 0 Å². The molecule has 0 saturated heterocycles. The van der Waals surface area contributed by atoms with Crippen molar-refractivity contribution in [3.63, 3.8) is 0 Å². The Bertz CT molecular complexity index is 494. The molecule has 1 rings (SSSR count). The van der Waals surface area contributed by atoms with E-state index in [2.05, 4.69) is 59.7 Å². The van der Waals surface area contributed by atoms with Crippen LogP contribution in [0.25, 0.3) is 0 Å². The van der Waals surface area contributed by atoms with Crippen LogP contribution in [0.15, 0.2) is 18.2 Å². The molecule has 0 aromatic heterocycles. The van der Waals surface area contributed by atoms with Crippen LogP contribution in [0.2, 0.25) is 0 Å². The summed E-state index contributed by atoms with van der Waals surface area (Å²) in [6, 6.07) is 6.64. The first kappa shape index (κ1) is 19.7. The lowest BCUT2D eigenvalue weighted by Crippen LogP contribution is -2.19. The molecule has 130 valence electrons. The van der Waals surface area contributed by atoms with E-state index in [0.29, 0.717) is 6.61 Å². The van der Waals surface area contributed by atoms with Gasteiger partial charge in [0.2, 0.25) is 0 Å². The van der Waals surface area contributed by atoms with E-state index < -0.39 is 0 Å². The highest BCUT2D eigenvalue weighted by atomic mass is 16.5. The highest BCUT2D eigenvalue weighted by Gasteiger charge is 2.21. The van der Waals surface area contributed by atoms with Crippen molar-refractivity contribution < 1.29 is 9.53 Å². The van der Waals surface area contributed by atoms with E-state index in [9.17, 15) is 4.79 Å². The topological polar surface area (TPSA) is 26.3 Å². The standard InChI is InChI=1S/C21H34O2/c1-9-16(10-2)19(22)23-14-15-11-17(20(3,4)5)13-18(12-15)21(6,7)8/h11-13,16H,9-10,14H2,1-8H3. The Kier molecular flexibility index (Phi) is 6.44. The molecular weight excluding hydrogens is 284 g/mol. The van der Waals surface area contributed by atoms with Gasteiger partial charge in [-0.25, -0.2) is 0 Å². The lowest BCUT2D eigenvalue weighted by atomic mass is 9.79. The van der Waals surface area contributed by atoms with Crippen molar-refractivity contribution in [1.29, 1.82) is 0 Å². The predicted octanol–water partition coefficient (Wildman–Crippen LogP) is 5.76. The fourth-order valence-electron chi connectivity index (χ4n) is 2.54.